The van der Waals surface area contributed by atoms with Crippen molar-refractivity contribution in [3.63, 3.8) is 0 Å². The maximum Gasteiger partial charge on any atom is 0.257 e. The van der Waals surface area contributed by atoms with Gasteiger partial charge in [-0.15, -0.1) is 0 Å². The van der Waals surface area contributed by atoms with Crippen molar-refractivity contribution in [3.8, 4) is 0 Å². The fraction of sp³-hybridized carbons (Fsp3) is 0.533. The average Bonchev–Trinajstić information content (AvgIpc) is 3.11. The summed E-state index contributed by atoms with van der Waals surface area (Å²) in [6, 6.07) is 0.243. The Morgan fingerprint density at radius 3 is 3.05 bits per heavy atom. The van der Waals surface area contributed by atoms with Gasteiger partial charge in [0.1, 0.15) is 0 Å². The fourth-order valence-electron chi connectivity index (χ4n) is 3.85. The quantitative estimate of drug-likeness (QED) is 0.845. The van der Waals surface area contributed by atoms with E-state index >= 15 is 0 Å². The van der Waals surface area contributed by atoms with Crippen molar-refractivity contribution in [1.82, 2.24) is 19.5 Å². The minimum absolute atomic E-state index is 0.0552. The number of nitrogens with zero attached hydrogens (tertiary/aromatic N) is 4. The molecule has 0 radical (unpaired) electrons. The van der Waals surface area contributed by atoms with Crippen LogP contribution in [0, 0.1) is 11.8 Å². The van der Waals surface area contributed by atoms with Crippen LogP contribution >= 0.6 is 0 Å². The monoisotopic (exact) mass is 285 g/mol. The first-order chi connectivity index (χ1) is 10.2. The predicted octanol–water partition coefficient (Wildman–Crippen LogP) is 0.929. The van der Waals surface area contributed by atoms with Crippen LogP contribution in [0.2, 0.25) is 0 Å². The minimum Gasteiger partial charge on any atom is -0.338 e. The maximum absolute atomic E-state index is 12.8. The van der Waals surface area contributed by atoms with Crippen LogP contribution in [0.3, 0.4) is 0 Å². The lowest BCUT2D eigenvalue weighted by molar-refractivity contribution is 0.0785. The van der Waals surface area contributed by atoms with Crippen LogP contribution in [0.1, 0.15) is 29.6 Å². The van der Waals surface area contributed by atoms with E-state index in [0.717, 1.165) is 25.0 Å². The molecule has 110 valence electrons. The van der Waals surface area contributed by atoms with E-state index in [2.05, 4.69) is 10.1 Å². The number of carbonyl (C=O) groups is 1. The number of fused-ring (bicyclic) bond motifs is 2. The Balaban J connectivity index is 1.61. The van der Waals surface area contributed by atoms with Crippen LogP contribution < -0.4 is 5.73 Å². The van der Waals surface area contributed by atoms with Gasteiger partial charge in [0.2, 0.25) is 0 Å². The number of aromatic nitrogens is 3. The standard InChI is InChI=1S/C15H19N5O/c16-13-3-1-2-10-8-19(9-12(10)13)15(21)11-6-18-20-5-4-17-7-14(11)20/h4-7,10,12-13H,1-3,8-9,16H2. The summed E-state index contributed by atoms with van der Waals surface area (Å²) in [6.07, 6.45) is 10.2. The molecule has 6 nitrogen and oxygen atoms in total. The third kappa shape index (κ3) is 2.01. The van der Waals surface area contributed by atoms with E-state index in [-0.39, 0.29) is 11.9 Å². The average molecular weight is 285 g/mol. The van der Waals surface area contributed by atoms with Gasteiger partial charge in [0.15, 0.2) is 0 Å². The smallest absolute Gasteiger partial charge is 0.257 e. The van der Waals surface area contributed by atoms with E-state index < -0.39 is 0 Å². The van der Waals surface area contributed by atoms with Crippen molar-refractivity contribution >= 4 is 11.4 Å². The van der Waals surface area contributed by atoms with Gasteiger partial charge in [-0.25, -0.2) is 4.52 Å². The molecule has 2 aliphatic rings. The van der Waals surface area contributed by atoms with Gasteiger partial charge >= 0.3 is 0 Å². The van der Waals surface area contributed by atoms with Crippen LogP contribution in [0.4, 0.5) is 0 Å². The Morgan fingerprint density at radius 1 is 1.29 bits per heavy atom. The first-order valence-corrected chi connectivity index (χ1v) is 7.56. The molecule has 1 aliphatic heterocycles. The van der Waals surface area contributed by atoms with E-state index in [0.29, 0.717) is 17.4 Å². The number of rotatable bonds is 1. The maximum atomic E-state index is 12.8. The topological polar surface area (TPSA) is 76.5 Å². The van der Waals surface area contributed by atoms with Crippen molar-refractivity contribution in [1.29, 1.82) is 0 Å². The predicted molar refractivity (Wildman–Crippen MR) is 77.7 cm³/mol. The Hall–Kier alpha value is -1.95. The van der Waals surface area contributed by atoms with Gasteiger partial charge in [0.05, 0.1) is 23.5 Å². The molecule has 1 saturated carbocycles. The molecule has 2 N–H and O–H groups in total. The first-order valence-electron chi connectivity index (χ1n) is 7.56. The molecule has 0 aromatic carbocycles. The third-order valence-corrected chi connectivity index (χ3v) is 5.00. The number of hydrogen-bond acceptors (Lipinski definition) is 4. The minimum atomic E-state index is 0.0552. The van der Waals surface area contributed by atoms with Crippen LogP contribution in [0.5, 0.6) is 0 Å². The molecule has 0 spiro atoms. The molecular formula is C15H19N5O. The summed E-state index contributed by atoms with van der Waals surface area (Å²) >= 11 is 0. The second-order valence-electron chi connectivity index (χ2n) is 6.19. The highest BCUT2D eigenvalue weighted by Crippen LogP contribution is 2.36. The van der Waals surface area contributed by atoms with Gasteiger partial charge < -0.3 is 10.6 Å². The molecular weight excluding hydrogens is 266 g/mol. The fourth-order valence-corrected chi connectivity index (χ4v) is 3.85. The summed E-state index contributed by atoms with van der Waals surface area (Å²) in [5.41, 5.74) is 7.63. The number of likely N-dealkylation sites (tertiary alicyclic amines) is 1. The zero-order valence-electron chi connectivity index (χ0n) is 11.9. The summed E-state index contributed by atoms with van der Waals surface area (Å²) in [5.74, 6) is 1.08. The zero-order valence-corrected chi connectivity index (χ0v) is 11.9. The summed E-state index contributed by atoms with van der Waals surface area (Å²) in [4.78, 5) is 18.8. The number of hydrogen-bond donors (Lipinski definition) is 1. The number of nitrogens with two attached hydrogens (primary N) is 1. The van der Waals surface area contributed by atoms with Gasteiger partial charge in [0, 0.05) is 31.5 Å². The van der Waals surface area contributed by atoms with Crippen LogP contribution in [-0.2, 0) is 0 Å². The second-order valence-corrected chi connectivity index (χ2v) is 6.19. The largest absolute Gasteiger partial charge is 0.338 e. The highest BCUT2D eigenvalue weighted by atomic mass is 16.2. The van der Waals surface area contributed by atoms with Crippen molar-refractivity contribution in [2.24, 2.45) is 17.6 Å². The van der Waals surface area contributed by atoms with E-state index in [1.54, 1.807) is 29.3 Å². The lowest BCUT2D eigenvalue weighted by Crippen LogP contribution is -2.38. The molecule has 1 aliphatic carbocycles. The van der Waals surface area contributed by atoms with Crippen LogP contribution in [0.25, 0.3) is 5.52 Å². The van der Waals surface area contributed by atoms with Crippen LogP contribution in [-0.4, -0.2) is 44.5 Å². The molecule has 2 fully saturated rings. The third-order valence-electron chi connectivity index (χ3n) is 5.00. The Kier molecular flexibility index (Phi) is 2.92. The van der Waals surface area contributed by atoms with Gasteiger partial charge in [0.25, 0.3) is 5.91 Å². The van der Waals surface area contributed by atoms with E-state index in [9.17, 15) is 4.79 Å². The molecule has 1 amide bonds. The number of amides is 1. The molecule has 6 heteroatoms. The highest BCUT2D eigenvalue weighted by Gasteiger charge is 2.40. The van der Waals surface area contributed by atoms with E-state index in [4.69, 9.17) is 5.73 Å². The molecule has 3 heterocycles. The molecule has 3 atom stereocenters. The van der Waals surface area contributed by atoms with Crippen molar-refractivity contribution in [2.75, 3.05) is 13.1 Å². The molecule has 0 bridgehead atoms. The Labute approximate surface area is 122 Å². The molecule has 21 heavy (non-hydrogen) atoms. The van der Waals surface area contributed by atoms with Crippen molar-refractivity contribution in [3.05, 3.63) is 30.4 Å². The van der Waals surface area contributed by atoms with Crippen LogP contribution in [0.15, 0.2) is 24.8 Å². The molecule has 2 aromatic rings. The second kappa shape index (κ2) is 4.80. The summed E-state index contributed by atoms with van der Waals surface area (Å²) in [6.45, 7) is 1.61. The van der Waals surface area contributed by atoms with Gasteiger partial charge in [-0.2, -0.15) is 5.10 Å². The summed E-state index contributed by atoms with van der Waals surface area (Å²) in [7, 11) is 0. The SMILES string of the molecule is NC1CCCC2CN(C(=O)c3cnn4ccncc34)CC12. The molecule has 4 rings (SSSR count). The lowest BCUT2D eigenvalue weighted by atomic mass is 9.78. The zero-order chi connectivity index (χ0) is 14.4. The van der Waals surface area contributed by atoms with E-state index in [1.807, 2.05) is 4.90 Å². The Bertz CT molecular complexity index is 682. The van der Waals surface area contributed by atoms with Crippen molar-refractivity contribution < 1.29 is 4.79 Å². The normalized spacial score (nSPS) is 28.8. The number of carbonyl (C=O) groups excluding carboxylic acids is 1. The Morgan fingerprint density at radius 2 is 2.19 bits per heavy atom. The molecule has 2 aromatic heterocycles. The summed E-state index contributed by atoms with van der Waals surface area (Å²) in [5, 5.41) is 4.22. The summed E-state index contributed by atoms with van der Waals surface area (Å²) < 4.78 is 1.69. The van der Waals surface area contributed by atoms with E-state index in [1.165, 1.54) is 12.8 Å². The first kappa shape index (κ1) is 12.8. The lowest BCUT2D eigenvalue weighted by Gasteiger charge is -2.29. The van der Waals surface area contributed by atoms with Gasteiger partial charge in [-0.05, 0) is 24.7 Å². The highest BCUT2D eigenvalue weighted by molar-refractivity contribution is 6.00. The van der Waals surface area contributed by atoms with Crippen molar-refractivity contribution in [2.45, 2.75) is 25.3 Å². The molecule has 1 saturated heterocycles. The van der Waals surface area contributed by atoms with Gasteiger partial charge in [-0.3, -0.25) is 9.78 Å². The van der Waals surface area contributed by atoms with Gasteiger partial charge in [-0.1, -0.05) is 6.42 Å². The molecule has 3 unspecified atom stereocenters.